The lowest BCUT2D eigenvalue weighted by atomic mass is 10.2. The van der Waals surface area contributed by atoms with E-state index in [1.54, 1.807) is 0 Å². The van der Waals surface area contributed by atoms with E-state index in [2.05, 4.69) is 4.98 Å². The van der Waals surface area contributed by atoms with Crippen LogP contribution in [0, 0.1) is 0 Å². The lowest BCUT2D eigenvalue weighted by Gasteiger charge is -2.02. The summed E-state index contributed by atoms with van der Waals surface area (Å²) in [5.74, 6) is 0. The first-order chi connectivity index (χ1) is 6.06. The van der Waals surface area contributed by atoms with Gasteiger partial charge < -0.3 is 4.98 Å². The minimum absolute atomic E-state index is 0.134. The van der Waals surface area contributed by atoms with Crippen LogP contribution in [0.1, 0.15) is 22.5 Å². The van der Waals surface area contributed by atoms with Crippen LogP contribution in [-0.2, 0) is 0 Å². The second kappa shape index (κ2) is 3.66. The number of alkyl halides is 2. The Balaban J connectivity index is 3.47. The first kappa shape index (κ1) is 9.85. The fourth-order valence-electron chi connectivity index (χ4n) is 0.876. The molecule has 1 aromatic rings. The molecule has 70 valence electrons. The van der Waals surface area contributed by atoms with E-state index in [1.807, 2.05) is 0 Å². The molecule has 0 unspecified atom stereocenters. The summed E-state index contributed by atoms with van der Waals surface area (Å²) >= 11 is 5.35. The van der Waals surface area contributed by atoms with Crippen molar-refractivity contribution in [2.75, 3.05) is 0 Å². The SMILES string of the molecule is O=Cc1[nH]c(Cl)cc(=O)c1C(F)F. The van der Waals surface area contributed by atoms with Crippen molar-refractivity contribution in [1.82, 2.24) is 4.98 Å². The molecular weight excluding hydrogens is 204 g/mol. The minimum Gasteiger partial charge on any atom is -0.343 e. The maximum Gasteiger partial charge on any atom is 0.269 e. The number of carbonyl (C=O) groups is 1. The zero-order valence-electron chi connectivity index (χ0n) is 6.18. The van der Waals surface area contributed by atoms with Crippen LogP contribution >= 0.6 is 11.6 Å². The van der Waals surface area contributed by atoms with Crippen molar-refractivity contribution < 1.29 is 13.6 Å². The summed E-state index contributed by atoms with van der Waals surface area (Å²) < 4.78 is 24.4. The molecule has 13 heavy (non-hydrogen) atoms. The Morgan fingerprint density at radius 3 is 2.62 bits per heavy atom. The summed E-state index contributed by atoms with van der Waals surface area (Å²) in [6.45, 7) is 0. The van der Waals surface area contributed by atoms with E-state index >= 15 is 0 Å². The third-order valence-electron chi connectivity index (χ3n) is 1.40. The molecule has 0 spiro atoms. The summed E-state index contributed by atoms with van der Waals surface area (Å²) in [7, 11) is 0. The fraction of sp³-hybridized carbons (Fsp3) is 0.143. The summed E-state index contributed by atoms with van der Waals surface area (Å²) in [5.41, 5.74) is -2.27. The molecule has 3 nitrogen and oxygen atoms in total. The lowest BCUT2D eigenvalue weighted by molar-refractivity contribution is 0.110. The zero-order chi connectivity index (χ0) is 10.0. The van der Waals surface area contributed by atoms with Crippen LogP contribution in [0.4, 0.5) is 8.78 Å². The standard InChI is InChI=1S/C7H4ClF2NO2/c8-5-1-4(13)6(7(9)10)3(2-12)11-5/h1-2,7H,(H,11,13). The molecule has 0 aliphatic carbocycles. The van der Waals surface area contributed by atoms with Crippen LogP contribution < -0.4 is 5.43 Å². The van der Waals surface area contributed by atoms with Gasteiger partial charge in [-0.25, -0.2) is 8.78 Å². The number of carbonyl (C=O) groups excluding carboxylic acids is 1. The first-order valence-electron chi connectivity index (χ1n) is 3.22. The fourth-order valence-corrected chi connectivity index (χ4v) is 1.08. The molecule has 1 heterocycles. The number of aldehydes is 1. The molecular formula is C7H4ClF2NO2. The molecule has 0 atom stereocenters. The van der Waals surface area contributed by atoms with Gasteiger partial charge in [0.2, 0.25) is 0 Å². The molecule has 0 bridgehead atoms. The average Bonchev–Trinajstić information content (AvgIpc) is 2.01. The van der Waals surface area contributed by atoms with E-state index in [0.717, 1.165) is 6.07 Å². The zero-order valence-corrected chi connectivity index (χ0v) is 6.94. The van der Waals surface area contributed by atoms with Gasteiger partial charge in [0.25, 0.3) is 6.43 Å². The summed E-state index contributed by atoms with van der Waals surface area (Å²) in [4.78, 5) is 23.4. The Hall–Kier alpha value is -1.23. The Labute approximate surface area is 76.3 Å². The molecule has 0 fully saturated rings. The lowest BCUT2D eigenvalue weighted by Crippen LogP contribution is -2.13. The third kappa shape index (κ3) is 1.92. The summed E-state index contributed by atoms with van der Waals surface area (Å²) in [6, 6.07) is 0.802. The van der Waals surface area contributed by atoms with E-state index in [1.165, 1.54) is 0 Å². The van der Waals surface area contributed by atoms with E-state index in [0.29, 0.717) is 0 Å². The summed E-state index contributed by atoms with van der Waals surface area (Å²) in [5, 5.41) is -0.142. The number of aromatic amines is 1. The van der Waals surface area contributed by atoms with Crippen molar-refractivity contribution in [3.05, 3.63) is 32.7 Å². The number of hydrogen-bond donors (Lipinski definition) is 1. The van der Waals surface area contributed by atoms with Crippen molar-refractivity contribution in [2.24, 2.45) is 0 Å². The van der Waals surface area contributed by atoms with Gasteiger partial charge in [-0.2, -0.15) is 0 Å². The van der Waals surface area contributed by atoms with Crippen LogP contribution in [0.15, 0.2) is 10.9 Å². The molecule has 0 aromatic carbocycles. The highest BCUT2D eigenvalue weighted by Crippen LogP contribution is 2.18. The van der Waals surface area contributed by atoms with Crippen LogP contribution in [0.5, 0.6) is 0 Å². The molecule has 0 saturated carbocycles. The highest BCUT2D eigenvalue weighted by Gasteiger charge is 2.17. The number of halogens is 3. The van der Waals surface area contributed by atoms with Crippen LogP contribution in [0.2, 0.25) is 5.15 Å². The van der Waals surface area contributed by atoms with Crippen LogP contribution in [0.25, 0.3) is 0 Å². The Kier molecular flexibility index (Phi) is 2.77. The van der Waals surface area contributed by atoms with Gasteiger partial charge in [0, 0.05) is 6.07 Å². The van der Waals surface area contributed by atoms with Crippen molar-refractivity contribution in [3.63, 3.8) is 0 Å². The molecule has 0 aliphatic rings. The highest BCUT2D eigenvalue weighted by atomic mass is 35.5. The molecule has 0 saturated heterocycles. The van der Waals surface area contributed by atoms with Gasteiger partial charge in [-0.15, -0.1) is 0 Å². The number of aromatic nitrogens is 1. The largest absolute Gasteiger partial charge is 0.343 e. The van der Waals surface area contributed by atoms with Gasteiger partial charge in [0.1, 0.15) is 5.15 Å². The third-order valence-corrected chi connectivity index (χ3v) is 1.61. The maximum absolute atomic E-state index is 12.2. The molecule has 1 aromatic heterocycles. The number of hydrogen-bond acceptors (Lipinski definition) is 2. The van der Waals surface area contributed by atoms with E-state index in [4.69, 9.17) is 11.6 Å². The van der Waals surface area contributed by atoms with E-state index < -0.39 is 23.1 Å². The number of nitrogens with one attached hydrogen (secondary N) is 1. The van der Waals surface area contributed by atoms with Gasteiger partial charge in [-0.1, -0.05) is 11.6 Å². The van der Waals surface area contributed by atoms with E-state index in [-0.39, 0.29) is 11.4 Å². The first-order valence-corrected chi connectivity index (χ1v) is 3.60. The molecule has 0 amide bonds. The second-order valence-corrected chi connectivity index (χ2v) is 2.63. The number of rotatable bonds is 2. The predicted molar refractivity (Wildman–Crippen MR) is 42.4 cm³/mol. The summed E-state index contributed by atoms with van der Waals surface area (Å²) in [6.07, 6.45) is -2.85. The van der Waals surface area contributed by atoms with Crippen LogP contribution in [-0.4, -0.2) is 11.3 Å². The Morgan fingerprint density at radius 1 is 1.54 bits per heavy atom. The topological polar surface area (TPSA) is 49.9 Å². The minimum atomic E-state index is -2.98. The van der Waals surface area contributed by atoms with Crippen molar-refractivity contribution >= 4 is 17.9 Å². The normalized spacial score (nSPS) is 10.5. The smallest absolute Gasteiger partial charge is 0.269 e. The highest BCUT2D eigenvalue weighted by molar-refractivity contribution is 6.29. The van der Waals surface area contributed by atoms with Crippen molar-refractivity contribution in [1.29, 1.82) is 0 Å². The average molecular weight is 208 g/mol. The molecule has 6 heteroatoms. The van der Waals surface area contributed by atoms with Gasteiger partial charge in [0.05, 0.1) is 11.3 Å². The quantitative estimate of drug-likeness (QED) is 0.594. The van der Waals surface area contributed by atoms with Gasteiger partial charge in [-0.3, -0.25) is 9.59 Å². The predicted octanol–water partition coefficient (Wildman–Crippen LogP) is 1.78. The molecule has 1 N–H and O–H groups in total. The van der Waals surface area contributed by atoms with Crippen molar-refractivity contribution in [3.8, 4) is 0 Å². The van der Waals surface area contributed by atoms with Gasteiger partial charge in [-0.05, 0) is 0 Å². The van der Waals surface area contributed by atoms with Gasteiger partial charge in [0.15, 0.2) is 11.7 Å². The van der Waals surface area contributed by atoms with Crippen LogP contribution in [0.3, 0.4) is 0 Å². The Morgan fingerprint density at radius 2 is 2.15 bits per heavy atom. The molecule has 1 rings (SSSR count). The van der Waals surface area contributed by atoms with Crippen molar-refractivity contribution in [2.45, 2.75) is 6.43 Å². The Bertz CT molecular complexity index is 389. The second-order valence-electron chi connectivity index (χ2n) is 2.23. The molecule has 0 aliphatic heterocycles. The number of pyridine rings is 1. The van der Waals surface area contributed by atoms with Gasteiger partial charge >= 0.3 is 0 Å². The maximum atomic E-state index is 12.2. The molecule has 0 radical (unpaired) electrons. The van der Waals surface area contributed by atoms with E-state index in [9.17, 15) is 18.4 Å². The number of H-pyrrole nitrogens is 1. The monoisotopic (exact) mass is 207 g/mol.